The summed E-state index contributed by atoms with van der Waals surface area (Å²) in [5, 5.41) is 10.7. The van der Waals surface area contributed by atoms with Crippen molar-refractivity contribution in [3.8, 4) is 0 Å². The van der Waals surface area contributed by atoms with Crippen molar-refractivity contribution < 1.29 is 27.5 Å². The maximum Gasteiger partial charge on any atom is 0.304 e. The van der Waals surface area contributed by atoms with Crippen LogP contribution in [0.15, 0.2) is 23.1 Å². The summed E-state index contributed by atoms with van der Waals surface area (Å²) in [7, 11) is -2.74. The van der Waals surface area contributed by atoms with E-state index >= 15 is 0 Å². The molecular weight excluding hydrogens is 303 g/mol. The molecule has 0 aliphatic rings. The molecule has 1 rings (SSSR count). The number of carbonyl (C=O) groups is 2. The third-order valence-electron chi connectivity index (χ3n) is 2.60. The molecule has 0 spiro atoms. The lowest BCUT2D eigenvalue weighted by atomic mass is 10.3. The van der Waals surface area contributed by atoms with Crippen LogP contribution >= 0.6 is 0 Å². The molecule has 0 heterocycles. The molecule has 1 aromatic carbocycles. The van der Waals surface area contributed by atoms with E-state index in [1.165, 1.54) is 14.0 Å². The number of hydrogen-bond donors (Lipinski definition) is 2. The number of carbonyl (C=O) groups excluding carboxylic acids is 1. The van der Waals surface area contributed by atoms with Crippen molar-refractivity contribution >= 4 is 27.6 Å². The number of nitrogens with zero attached hydrogens (tertiary/aromatic N) is 1. The highest BCUT2D eigenvalue weighted by Gasteiger charge is 2.22. The smallest absolute Gasteiger partial charge is 0.304 e. The molecule has 0 radical (unpaired) electrons. The Morgan fingerprint density at radius 3 is 2.52 bits per heavy atom. The van der Waals surface area contributed by atoms with Crippen molar-refractivity contribution in [2.24, 2.45) is 0 Å². The molecule has 0 aliphatic carbocycles. The van der Waals surface area contributed by atoms with Gasteiger partial charge in [-0.05, 0) is 18.2 Å². The number of halogens is 1. The minimum atomic E-state index is -3.96. The molecule has 0 bridgehead atoms. The number of aliphatic carboxylic acids is 1. The van der Waals surface area contributed by atoms with Crippen LogP contribution in [0.2, 0.25) is 0 Å². The normalized spacial score (nSPS) is 11.4. The van der Waals surface area contributed by atoms with Crippen LogP contribution in [0.3, 0.4) is 0 Å². The molecule has 116 valence electrons. The monoisotopic (exact) mass is 318 g/mol. The third kappa shape index (κ3) is 4.50. The van der Waals surface area contributed by atoms with Gasteiger partial charge in [-0.25, -0.2) is 17.1 Å². The first-order valence-electron chi connectivity index (χ1n) is 5.90. The first-order valence-corrected chi connectivity index (χ1v) is 7.34. The molecule has 0 aliphatic heterocycles. The zero-order valence-corrected chi connectivity index (χ0v) is 12.3. The number of benzene rings is 1. The van der Waals surface area contributed by atoms with Gasteiger partial charge in [0.05, 0.1) is 17.0 Å². The predicted molar refractivity (Wildman–Crippen MR) is 72.8 cm³/mol. The Hall–Kier alpha value is -2.00. The van der Waals surface area contributed by atoms with Crippen LogP contribution < -0.4 is 5.32 Å². The second-order valence-corrected chi connectivity index (χ2v) is 6.34. The van der Waals surface area contributed by atoms with Crippen LogP contribution in [0.4, 0.5) is 10.1 Å². The van der Waals surface area contributed by atoms with Crippen molar-refractivity contribution in [3.63, 3.8) is 0 Å². The molecule has 0 unspecified atom stereocenters. The summed E-state index contributed by atoms with van der Waals surface area (Å²) < 4.78 is 38.7. The van der Waals surface area contributed by atoms with Gasteiger partial charge < -0.3 is 10.4 Å². The molecule has 0 saturated heterocycles. The summed E-state index contributed by atoms with van der Waals surface area (Å²) in [6.07, 6.45) is -0.352. The van der Waals surface area contributed by atoms with E-state index in [0.29, 0.717) is 0 Å². The van der Waals surface area contributed by atoms with E-state index in [9.17, 15) is 22.4 Å². The van der Waals surface area contributed by atoms with Crippen molar-refractivity contribution in [3.05, 3.63) is 24.0 Å². The molecule has 9 heteroatoms. The number of amides is 1. The first kappa shape index (κ1) is 17.1. The maximum atomic E-state index is 13.5. The molecule has 0 atom stereocenters. The first-order chi connectivity index (χ1) is 9.64. The number of anilines is 1. The highest BCUT2D eigenvalue weighted by molar-refractivity contribution is 7.89. The van der Waals surface area contributed by atoms with Crippen LogP contribution in [-0.4, -0.2) is 43.3 Å². The Kier molecular flexibility index (Phi) is 5.39. The third-order valence-corrected chi connectivity index (χ3v) is 4.45. The van der Waals surface area contributed by atoms with E-state index < -0.39 is 27.7 Å². The Balaban J connectivity index is 3.08. The molecule has 0 aromatic heterocycles. The minimum Gasteiger partial charge on any atom is -0.481 e. The SMILES string of the molecule is CC(=O)Nc1cc(S(=O)(=O)N(C)CCC(=O)O)ccc1F. The Labute approximate surface area is 121 Å². The fraction of sp³-hybridized carbons (Fsp3) is 0.333. The van der Waals surface area contributed by atoms with Crippen LogP contribution in [0.25, 0.3) is 0 Å². The van der Waals surface area contributed by atoms with E-state index in [1.54, 1.807) is 0 Å². The number of sulfonamides is 1. The molecule has 0 saturated carbocycles. The zero-order valence-electron chi connectivity index (χ0n) is 11.5. The highest BCUT2D eigenvalue weighted by Crippen LogP contribution is 2.22. The fourth-order valence-electron chi connectivity index (χ4n) is 1.50. The van der Waals surface area contributed by atoms with Crippen molar-refractivity contribution in [1.82, 2.24) is 4.31 Å². The van der Waals surface area contributed by atoms with Gasteiger partial charge in [0.2, 0.25) is 15.9 Å². The number of nitrogens with one attached hydrogen (secondary N) is 1. The highest BCUT2D eigenvalue weighted by atomic mass is 32.2. The van der Waals surface area contributed by atoms with E-state index in [2.05, 4.69) is 5.32 Å². The molecule has 2 N–H and O–H groups in total. The Morgan fingerprint density at radius 2 is 2.00 bits per heavy atom. The summed E-state index contributed by atoms with van der Waals surface area (Å²) in [4.78, 5) is 21.2. The Bertz CT molecular complexity index is 660. The topological polar surface area (TPSA) is 104 Å². The molecule has 21 heavy (non-hydrogen) atoms. The van der Waals surface area contributed by atoms with Gasteiger partial charge in [-0.2, -0.15) is 0 Å². The summed E-state index contributed by atoms with van der Waals surface area (Å²) in [6.45, 7) is 0.949. The molecule has 7 nitrogen and oxygen atoms in total. The molecule has 1 aromatic rings. The van der Waals surface area contributed by atoms with E-state index in [1.807, 2.05) is 0 Å². The van der Waals surface area contributed by atoms with Gasteiger partial charge in [-0.15, -0.1) is 0 Å². The van der Waals surface area contributed by atoms with Crippen molar-refractivity contribution in [2.75, 3.05) is 18.9 Å². The van der Waals surface area contributed by atoms with Gasteiger partial charge in [-0.3, -0.25) is 9.59 Å². The van der Waals surface area contributed by atoms with Crippen molar-refractivity contribution in [1.29, 1.82) is 0 Å². The number of rotatable bonds is 6. The van der Waals surface area contributed by atoms with E-state index in [4.69, 9.17) is 5.11 Å². The van der Waals surface area contributed by atoms with Crippen LogP contribution in [-0.2, 0) is 19.6 Å². The van der Waals surface area contributed by atoms with E-state index in [-0.39, 0.29) is 23.5 Å². The van der Waals surface area contributed by atoms with Gasteiger partial charge >= 0.3 is 5.97 Å². The zero-order chi connectivity index (χ0) is 16.2. The standard InChI is InChI=1S/C12H15FN2O5S/c1-8(16)14-11-7-9(3-4-10(11)13)21(19,20)15(2)6-5-12(17)18/h3-4,7H,5-6H2,1-2H3,(H,14,16)(H,17,18). The van der Waals surface area contributed by atoms with Gasteiger partial charge in [-0.1, -0.05) is 0 Å². The average Bonchev–Trinajstić information content (AvgIpc) is 2.37. The second-order valence-electron chi connectivity index (χ2n) is 4.29. The van der Waals surface area contributed by atoms with Crippen LogP contribution in [0, 0.1) is 5.82 Å². The summed E-state index contributed by atoms with van der Waals surface area (Å²) in [6, 6.07) is 2.96. The number of hydrogen-bond acceptors (Lipinski definition) is 4. The minimum absolute atomic E-state index is 0.218. The van der Waals surface area contributed by atoms with Crippen LogP contribution in [0.1, 0.15) is 13.3 Å². The summed E-state index contributed by atoms with van der Waals surface area (Å²) in [5.41, 5.74) is -0.254. The van der Waals surface area contributed by atoms with Crippen molar-refractivity contribution in [2.45, 2.75) is 18.2 Å². The largest absolute Gasteiger partial charge is 0.481 e. The maximum absolute atomic E-state index is 13.5. The number of carboxylic acid groups (broad SMARTS) is 1. The Morgan fingerprint density at radius 1 is 1.38 bits per heavy atom. The molecular formula is C12H15FN2O5S. The second kappa shape index (κ2) is 6.64. The quantitative estimate of drug-likeness (QED) is 0.810. The molecule has 1 amide bonds. The fourth-order valence-corrected chi connectivity index (χ4v) is 2.70. The number of carboxylic acids is 1. The average molecular weight is 318 g/mol. The van der Waals surface area contributed by atoms with Gasteiger partial charge in [0, 0.05) is 20.5 Å². The summed E-state index contributed by atoms with van der Waals surface area (Å²) in [5.74, 6) is -2.44. The van der Waals surface area contributed by atoms with Gasteiger partial charge in [0.15, 0.2) is 0 Å². The molecule has 0 fully saturated rings. The lowest BCUT2D eigenvalue weighted by molar-refractivity contribution is -0.137. The lowest BCUT2D eigenvalue weighted by Gasteiger charge is -2.17. The lowest BCUT2D eigenvalue weighted by Crippen LogP contribution is -2.29. The van der Waals surface area contributed by atoms with Gasteiger partial charge in [0.1, 0.15) is 5.82 Å². The summed E-state index contributed by atoms with van der Waals surface area (Å²) >= 11 is 0. The predicted octanol–water partition coefficient (Wildman–Crippen LogP) is 0.879. The van der Waals surface area contributed by atoms with Crippen LogP contribution in [0.5, 0.6) is 0 Å². The van der Waals surface area contributed by atoms with Gasteiger partial charge in [0.25, 0.3) is 0 Å². The van der Waals surface area contributed by atoms with E-state index in [0.717, 1.165) is 22.5 Å².